The summed E-state index contributed by atoms with van der Waals surface area (Å²) in [5, 5.41) is 13.5. The first-order valence-corrected chi connectivity index (χ1v) is 10.5. The van der Waals surface area contributed by atoms with Crippen molar-refractivity contribution in [2.24, 2.45) is 0 Å². The van der Waals surface area contributed by atoms with Crippen LogP contribution in [-0.2, 0) is 28.3 Å². The van der Waals surface area contributed by atoms with Crippen molar-refractivity contribution >= 4 is 57.3 Å². The molecule has 0 fully saturated rings. The SMILES string of the molecule is O=CNc1ccc(CSC(=S)N2Cc3[nH]c4ccccc4c3C[C@@H]2C(=O)O)cc1. The van der Waals surface area contributed by atoms with Crippen molar-refractivity contribution in [2.45, 2.75) is 24.8 Å². The highest BCUT2D eigenvalue weighted by Crippen LogP contribution is 2.32. The topological polar surface area (TPSA) is 85.4 Å². The predicted octanol–water partition coefficient (Wildman–Crippen LogP) is 3.77. The first-order valence-electron chi connectivity index (χ1n) is 9.10. The molecule has 6 nitrogen and oxygen atoms in total. The molecule has 0 bridgehead atoms. The van der Waals surface area contributed by atoms with Gasteiger partial charge in [0.2, 0.25) is 6.41 Å². The molecule has 29 heavy (non-hydrogen) atoms. The van der Waals surface area contributed by atoms with Gasteiger partial charge in [0.05, 0.1) is 6.54 Å². The van der Waals surface area contributed by atoms with Crippen molar-refractivity contribution in [3.8, 4) is 0 Å². The molecule has 0 radical (unpaired) electrons. The third-order valence-electron chi connectivity index (χ3n) is 5.07. The van der Waals surface area contributed by atoms with Gasteiger partial charge in [-0.15, -0.1) is 0 Å². The largest absolute Gasteiger partial charge is 0.480 e. The number of nitrogens with zero attached hydrogens (tertiary/aromatic N) is 1. The number of fused-ring (bicyclic) bond motifs is 3. The van der Waals surface area contributed by atoms with Crippen LogP contribution in [0.4, 0.5) is 5.69 Å². The molecule has 8 heteroatoms. The Labute approximate surface area is 177 Å². The number of H-pyrrole nitrogens is 1. The molecule has 0 unspecified atom stereocenters. The number of aromatic nitrogens is 1. The maximum atomic E-state index is 12.0. The minimum absolute atomic E-state index is 0.418. The van der Waals surface area contributed by atoms with Crippen molar-refractivity contribution in [3.05, 3.63) is 65.4 Å². The van der Waals surface area contributed by atoms with Crippen LogP contribution in [0.3, 0.4) is 0 Å². The van der Waals surface area contributed by atoms with Crippen LogP contribution in [0.1, 0.15) is 16.8 Å². The Morgan fingerprint density at radius 2 is 2.03 bits per heavy atom. The van der Waals surface area contributed by atoms with E-state index in [0.29, 0.717) is 29.4 Å². The fraction of sp³-hybridized carbons (Fsp3) is 0.190. The molecule has 148 valence electrons. The second-order valence-electron chi connectivity index (χ2n) is 6.83. The fourth-order valence-corrected chi connectivity index (χ4v) is 4.82. The van der Waals surface area contributed by atoms with Crippen LogP contribution in [-0.4, -0.2) is 37.7 Å². The van der Waals surface area contributed by atoms with E-state index in [9.17, 15) is 14.7 Å². The normalized spacial score (nSPS) is 15.7. The number of aromatic amines is 1. The van der Waals surface area contributed by atoms with Gasteiger partial charge in [-0.25, -0.2) is 4.79 Å². The fourth-order valence-electron chi connectivity index (χ4n) is 3.61. The Morgan fingerprint density at radius 1 is 1.28 bits per heavy atom. The zero-order chi connectivity index (χ0) is 20.4. The molecule has 3 aromatic rings. The maximum Gasteiger partial charge on any atom is 0.326 e. The number of thiocarbonyl (C=S) groups is 1. The summed E-state index contributed by atoms with van der Waals surface area (Å²) >= 11 is 7.05. The van der Waals surface area contributed by atoms with Gasteiger partial charge >= 0.3 is 5.97 Å². The van der Waals surface area contributed by atoms with Gasteiger partial charge in [-0.3, -0.25) is 4.79 Å². The lowest BCUT2D eigenvalue weighted by molar-refractivity contribution is -0.142. The van der Waals surface area contributed by atoms with Crippen LogP contribution >= 0.6 is 24.0 Å². The molecule has 3 N–H and O–H groups in total. The lowest BCUT2D eigenvalue weighted by atomic mass is 9.97. The highest BCUT2D eigenvalue weighted by Gasteiger charge is 2.34. The van der Waals surface area contributed by atoms with Gasteiger partial charge in [-0.05, 0) is 29.3 Å². The number of rotatable bonds is 5. The number of para-hydroxylation sites is 1. The van der Waals surface area contributed by atoms with Gasteiger partial charge in [0.15, 0.2) is 0 Å². The Kier molecular flexibility index (Phi) is 5.55. The highest BCUT2D eigenvalue weighted by molar-refractivity contribution is 8.22. The molecule has 1 aliphatic rings. The van der Waals surface area contributed by atoms with E-state index in [2.05, 4.69) is 10.3 Å². The van der Waals surface area contributed by atoms with E-state index in [1.54, 1.807) is 4.90 Å². The first kappa shape index (κ1) is 19.5. The van der Waals surface area contributed by atoms with Crippen LogP contribution in [0.15, 0.2) is 48.5 Å². The molecular weight excluding hydrogens is 406 g/mol. The molecule has 0 aliphatic carbocycles. The summed E-state index contributed by atoms with van der Waals surface area (Å²) < 4.78 is 0.566. The summed E-state index contributed by atoms with van der Waals surface area (Å²) in [6.07, 6.45) is 1.06. The van der Waals surface area contributed by atoms with Crippen LogP contribution < -0.4 is 5.32 Å². The van der Waals surface area contributed by atoms with Crippen LogP contribution in [0.2, 0.25) is 0 Å². The standard InChI is InChI=1S/C21H19N3O3S2/c25-12-22-14-7-5-13(6-8-14)11-29-21(28)24-10-18-16(9-19(24)20(26)27)15-3-1-2-4-17(15)23-18/h1-8,12,19,23H,9-11H2,(H,22,25)(H,26,27)/t19-/m1/s1. The molecule has 1 aromatic heterocycles. The quantitative estimate of drug-likeness (QED) is 0.426. The van der Waals surface area contributed by atoms with Crippen LogP contribution in [0.25, 0.3) is 10.9 Å². The zero-order valence-corrected chi connectivity index (χ0v) is 17.1. The van der Waals surface area contributed by atoms with Crippen LogP contribution in [0, 0.1) is 0 Å². The third kappa shape index (κ3) is 3.99. The first-order chi connectivity index (χ1) is 14.1. The van der Waals surface area contributed by atoms with Gasteiger partial charge < -0.3 is 20.3 Å². The number of hydrogen-bond acceptors (Lipinski definition) is 4. The number of carboxylic acids is 1. The van der Waals surface area contributed by atoms with Crippen molar-refractivity contribution < 1.29 is 14.7 Å². The number of anilines is 1. The van der Waals surface area contributed by atoms with E-state index in [1.165, 1.54) is 11.8 Å². The molecule has 0 saturated heterocycles. The summed E-state index contributed by atoms with van der Waals surface area (Å²) in [4.78, 5) is 27.7. The lowest BCUT2D eigenvalue weighted by Crippen LogP contribution is -2.47. The summed E-state index contributed by atoms with van der Waals surface area (Å²) in [7, 11) is 0. The lowest BCUT2D eigenvalue weighted by Gasteiger charge is -2.34. The predicted molar refractivity (Wildman–Crippen MR) is 119 cm³/mol. The number of amides is 1. The second-order valence-corrected chi connectivity index (χ2v) is 8.44. The van der Waals surface area contributed by atoms with Gasteiger partial charge in [0, 0.05) is 34.5 Å². The molecular formula is C21H19N3O3S2. The highest BCUT2D eigenvalue weighted by atomic mass is 32.2. The molecule has 1 amide bonds. The maximum absolute atomic E-state index is 12.0. The number of aliphatic carboxylic acids is 1. The minimum atomic E-state index is -0.867. The summed E-state index contributed by atoms with van der Waals surface area (Å²) in [5.74, 6) is -0.240. The van der Waals surface area contributed by atoms with E-state index < -0.39 is 12.0 Å². The van der Waals surface area contributed by atoms with Gasteiger partial charge in [-0.2, -0.15) is 0 Å². The van der Waals surface area contributed by atoms with Crippen molar-refractivity contribution in [3.63, 3.8) is 0 Å². The van der Waals surface area contributed by atoms with E-state index in [0.717, 1.165) is 33.4 Å². The number of carbonyl (C=O) groups excluding carboxylic acids is 1. The number of thioether (sulfide) groups is 1. The van der Waals surface area contributed by atoms with E-state index in [4.69, 9.17) is 12.2 Å². The molecule has 1 atom stereocenters. The minimum Gasteiger partial charge on any atom is -0.480 e. The molecule has 0 spiro atoms. The summed E-state index contributed by atoms with van der Waals surface area (Å²) in [6, 6.07) is 14.8. The Hall–Kier alpha value is -2.84. The Bertz CT molecular complexity index is 1080. The van der Waals surface area contributed by atoms with E-state index in [1.807, 2.05) is 48.5 Å². The molecule has 0 saturated carbocycles. The summed E-state index contributed by atoms with van der Waals surface area (Å²) in [6.45, 7) is 0.453. The monoisotopic (exact) mass is 425 g/mol. The van der Waals surface area contributed by atoms with E-state index >= 15 is 0 Å². The zero-order valence-electron chi connectivity index (χ0n) is 15.4. The molecule has 4 rings (SSSR count). The molecule has 2 heterocycles. The smallest absolute Gasteiger partial charge is 0.326 e. The average molecular weight is 426 g/mol. The number of carbonyl (C=O) groups is 2. The molecule has 1 aliphatic heterocycles. The average Bonchev–Trinajstić information content (AvgIpc) is 3.10. The second kappa shape index (κ2) is 8.26. The van der Waals surface area contributed by atoms with E-state index in [-0.39, 0.29) is 0 Å². The van der Waals surface area contributed by atoms with Crippen molar-refractivity contribution in [2.75, 3.05) is 5.32 Å². The summed E-state index contributed by atoms with van der Waals surface area (Å²) in [5.41, 5.74) is 4.88. The molecule has 2 aromatic carbocycles. The van der Waals surface area contributed by atoms with Gasteiger partial charge in [0.25, 0.3) is 0 Å². The van der Waals surface area contributed by atoms with Crippen molar-refractivity contribution in [1.82, 2.24) is 9.88 Å². The van der Waals surface area contributed by atoms with Crippen LogP contribution in [0.5, 0.6) is 0 Å². The Morgan fingerprint density at radius 3 is 2.76 bits per heavy atom. The van der Waals surface area contributed by atoms with Gasteiger partial charge in [0.1, 0.15) is 10.4 Å². The number of hydrogen-bond donors (Lipinski definition) is 3. The number of carboxylic acid groups (broad SMARTS) is 1. The van der Waals surface area contributed by atoms with Crippen molar-refractivity contribution in [1.29, 1.82) is 0 Å². The Balaban J connectivity index is 1.50. The third-order valence-corrected chi connectivity index (χ3v) is 6.61. The number of nitrogens with one attached hydrogen (secondary N) is 2. The number of benzene rings is 2. The van der Waals surface area contributed by atoms with Gasteiger partial charge in [-0.1, -0.05) is 54.3 Å².